The Hall–Kier alpha value is -2.95. The highest BCUT2D eigenvalue weighted by Crippen LogP contribution is 2.19. The van der Waals surface area contributed by atoms with Crippen LogP contribution >= 0.6 is 0 Å². The van der Waals surface area contributed by atoms with Crippen molar-refractivity contribution in [1.82, 2.24) is 4.57 Å². The van der Waals surface area contributed by atoms with Crippen molar-refractivity contribution >= 4 is 11.6 Å². The Balaban J connectivity index is 1.81. The lowest BCUT2D eigenvalue weighted by Gasteiger charge is -2.05. The van der Waals surface area contributed by atoms with Crippen molar-refractivity contribution in [2.24, 2.45) is 7.05 Å². The van der Waals surface area contributed by atoms with E-state index in [9.17, 15) is 13.6 Å². The zero-order valence-corrected chi connectivity index (χ0v) is 13.1. The Labute approximate surface area is 138 Å². The molecule has 0 radical (unpaired) electrons. The van der Waals surface area contributed by atoms with Gasteiger partial charge in [0.15, 0.2) is 0 Å². The minimum Gasteiger partial charge on any atom is -0.353 e. The van der Waals surface area contributed by atoms with Crippen LogP contribution in [0.4, 0.5) is 14.5 Å². The zero-order chi connectivity index (χ0) is 17.1. The molecule has 0 spiro atoms. The van der Waals surface area contributed by atoms with Crippen LogP contribution in [0.1, 0.15) is 21.6 Å². The molecule has 0 unspecified atom stereocenters. The second-order valence-corrected chi connectivity index (χ2v) is 5.53. The maximum Gasteiger partial charge on any atom is 0.257 e. The molecule has 0 fully saturated rings. The molecule has 0 aliphatic carbocycles. The van der Waals surface area contributed by atoms with E-state index in [-0.39, 0.29) is 17.9 Å². The first-order valence-corrected chi connectivity index (χ1v) is 7.49. The molecule has 5 heteroatoms. The Morgan fingerprint density at radius 2 is 1.71 bits per heavy atom. The molecule has 3 aromatic rings. The van der Waals surface area contributed by atoms with Crippen molar-refractivity contribution in [2.45, 2.75) is 6.42 Å². The summed E-state index contributed by atoms with van der Waals surface area (Å²) in [6.07, 6.45) is 1.72. The van der Waals surface area contributed by atoms with Gasteiger partial charge in [-0.15, -0.1) is 0 Å². The third-order valence-corrected chi connectivity index (χ3v) is 3.82. The number of hydrogen-bond acceptors (Lipinski definition) is 1. The SMILES string of the molecule is Cn1cc(C(=O)Nc2ccccc2)cc1Cc1c(F)cccc1F. The van der Waals surface area contributed by atoms with Crippen LogP contribution in [0, 0.1) is 11.6 Å². The highest BCUT2D eigenvalue weighted by Gasteiger charge is 2.15. The number of benzene rings is 2. The van der Waals surface area contributed by atoms with E-state index in [1.165, 1.54) is 18.2 Å². The number of hydrogen-bond donors (Lipinski definition) is 1. The Kier molecular flexibility index (Phi) is 4.42. The molecule has 0 aliphatic heterocycles. The predicted octanol–water partition coefficient (Wildman–Crippen LogP) is 4.15. The van der Waals surface area contributed by atoms with Crippen LogP contribution in [0.5, 0.6) is 0 Å². The summed E-state index contributed by atoms with van der Waals surface area (Å²) in [4.78, 5) is 12.3. The quantitative estimate of drug-likeness (QED) is 0.768. The van der Waals surface area contributed by atoms with Crippen LogP contribution in [-0.4, -0.2) is 10.5 Å². The topological polar surface area (TPSA) is 34.0 Å². The standard InChI is InChI=1S/C19H16F2N2O/c1-23-12-13(19(24)22-14-6-3-2-4-7-14)10-15(23)11-16-17(20)8-5-9-18(16)21/h2-10,12H,11H2,1H3,(H,22,24). The summed E-state index contributed by atoms with van der Waals surface area (Å²) >= 11 is 0. The number of anilines is 1. The molecule has 3 nitrogen and oxygen atoms in total. The highest BCUT2D eigenvalue weighted by molar-refractivity contribution is 6.04. The predicted molar refractivity (Wildman–Crippen MR) is 89.0 cm³/mol. The van der Waals surface area contributed by atoms with E-state index >= 15 is 0 Å². The van der Waals surface area contributed by atoms with E-state index in [2.05, 4.69) is 5.32 Å². The van der Waals surface area contributed by atoms with Crippen molar-refractivity contribution in [2.75, 3.05) is 5.32 Å². The number of carbonyl (C=O) groups is 1. The summed E-state index contributed by atoms with van der Waals surface area (Å²) in [5.74, 6) is -1.45. The van der Waals surface area contributed by atoms with Gasteiger partial charge in [0.1, 0.15) is 11.6 Å². The first-order valence-electron chi connectivity index (χ1n) is 7.49. The van der Waals surface area contributed by atoms with Gasteiger partial charge in [0.25, 0.3) is 5.91 Å². The Morgan fingerprint density at radius 1 is 1.04 bits per heavy atom. The zero-order valence-electron chi connectivity index (χ0n) is 13.1. The summed E-state index contributed by atoms with van der Waals surface area (Å²) in [6.45, 7) is 0. The molecule has 3 rings (SSSR count). The lowest BCUT2D eigenvalue weighted by atomic mass is 10.1. The van der Waals surface area contributed by atoms with Gasteiger partial charge in [-0.3, -0.25) is 4.79 Å². The van der Waals surface area contributed by atoms with Crippen molar-refractivity contribution < 1.29 is 13.6 Å². The van der Waals surface area contributed by atoms with Crippen molar-refractivity contribution in [3.8, 4) is 0 Å². The summed E-state index contributed by atoms with van der Waals surface area (Å²) < 4.78 is 29.3. The van der Waals surface area contributed by atoms with Gasteiger partial charge >= 0.3 is 0 Å². The molecule has 0 saturated carbocycles. The molecule has 1 N–H and O–H groups in total. The fourth-order valence-electron chi connectivity index (χ4n) is 2.52. The molecule has 1 heterocycles. The molecule has 0 saturated heterocycles. The lowest BCUT2D eigenvalue weighted by Crippen LogP contribution is -2.10. The number of rotatable bonds is 4. The van der Waals surface area contributed by atoms with Crippen LogP contribution in [0.2, 0.25) is 0 Å². The fraction of sp³-hybridized carbons (Fsp3) is 0.105. The van der Waals surface area contributed by atoms with Crippen molar-refractivity contribution in [3.63, 3.8) is 0 Å². The first-order chi connectivity index (χ1) is 11.5. The normalized spacial score (nSPS) is 10.6. The number of nitrogens with zero attached hydrogens (tertiary/aromatic N) is 1. The smallest absolute Gasteiger partial charge is 0.257 e. The summed E-state index contributed by atoms with van der Waals surface area (Å²) in [5.41, 5.74) is 1.77. The number of aromatic nitrogens is 1. The number of aryl methyl sites for hydroxylation is 1. The fourth-order valence-corrected chi connectivity index (χ4v) is 2.52. The molecule has 0 aliphatic rings. The van der Waals surface area contributed by atoms with Gasteiger partial charge in [-0.05, 0) is 30.3 Å². The summed E-state index contributed by atoms with van der Waals surface area (Å²) in [6, 6.07) is 14.5. The second kappa shape index (κ2) is 6.66. The molecule has 2 aromatic carbocycles. The van der Waals surface area contributed by atoms with E-state index in [0.717, 1.165) is 0 Å². The van der Waals surface area contributed by atoms with Crippen LogP contribution in [-0.2, 0) is 13.5 Å². The van der Waals surface area contributed by atoms with Crippen LogP contribution in [0.3, 0.4) is 0 Å². The molecule has 24 heavy (non-hydrogen) atoms. The number of amides is 1. The Morgan fingerprint density at radius 3 is 2.38 bits per heavy atom. The third kappa shape index (κ3) is 3.35. The number of carbonyl (C=O) groups excluding carboxylic acids is 1. The monoisotopic (exact) mass is 326 g/mol. The van der Waals surface area contributed by atoms with E-state index in [1.54, 1.807) is 36.0 Å². The highest BCUT2D eigenvalue weighted by atomic mass is 19.1. The van der Waals surface area contributed by atoms with Gasteiger partial charge < -0.3 is 9.88 Å². The van der Waals surface area contributed by atoms with Gasteiger partial charge in [-0.25, -0.2) is 8.78 Å². The third-order valence-electron chi connectivity index (χ3n) is 3.82. The molecule has 1 amide bonds. The Bertz CT molecular complexity index is 852. The van der Waals surface area contributed by atoms with Gasteiger partial charge in [0.05, 0.1) is 5.56 Å². The van der Waals surface area contributed by atoms with Crippen LogP contribution in [0.25, 0.3) is 0 Å². The molecular formula is C19H16F2N2O. The van der Waals surface area contributed by atoms with Gasteiger partial charge in [0.2, 0.25) is 0 Å². The van der Waals surface area contributed by atoms with E-state index in [1.807, 2.05) is 18.2 Å². The average Bonchev–Trinajstić information content (AvgIpc) is 2.93. The van der Waals surface area contributed by atoms with E-state index in [0.29, 0.717) is 16.9 Å². The second-order valence-electron chi connectivity index (χ2n) is 5.53. The number of nitrogens with one attached hydrogen (secondary N) is 1. The van der Waals surface area contributed by atoms with Gasteiger partial charge in [0, 0.05) is 36.6 Å². The summed E-state index contributed by atoms with van der Waals surface area (Å²) in [7, 11) is 1.74. The maximum atomic E-state index is 13.8. The molecule has 0 atom stereocenters. The maximum absolute atomic E-state index is 13.8. The van der Waals surface area contributed by atoms with Crippen molar-refractivity contribution in [1.29, 1.82) is 0 Å². The summed E-state index contributed by atoms with van der Waals surface area (Å²) in [5, 5.41) is 2.78. The van der Waals surface area contributed by atoms with Crippen molar-refractivity contribution in [3.05, 3.63) is 89.2 Å². The largest absolute Gasteiger partial charge is 0.353 e. The van der Waals surface area contributed by atoms with Gasteiger partial charge in [-0.2, -0.15) is 0 Å². The van der Waals surface area contributed by atoms with E-state index < -0.39 is 11.6 Å². The van der Waals surface area contributed by atoms with E-state index in [4.69, 9.17) is 0 Å². The molecule has 1 aromatic heterocycles. The molecule has 122 valence electrons. The first kappa shape index (κ1) is 15.9. The minimum atomic E-state index is -0.591. The van der Waals surface area contributed by atoms with Gasteiger partial charge in [-0.1, -0.05) is 24.3 Å². The molecular weight excluding hydrogens is 310 g/mol. The minimum absolute atomic E-state index is 0.00582. The molecule has 0 bridgehead atoms. The average molecular weight is 326 g/mol. The van der Waals surface area contributed by atoms with Crippen LogP contribution in [0.15, 0.2) is 60.8 Å². The lowest BCUT2D eigenvalue weighted by molar-refractivity contribution is 0.102. The number of halogens is 2. The number of para-hydroxylation sites is 1. The van der Waals surface area contributed by atoms with Crippen LogP contribution < -0.4 is 5.32 Å².